The van der Waals surface area contributed by atoms with Crippen molar-refractivity contribution in [1.29, 1.82) is 0 Å². The van der Waals surface area contributed by atoms with Gasteiger partial charge in [0.15, 0.2) is 0 Å². The van der Waals surface area contributed by atoms with E-state index >= 15 is 0 Å². The molecule has 0 spiro atoms. The highest BCUT2D eigenvalue weighted by Gasteiger charge is 2.56. The van der Waals surface area contributed by atoms with E-state index < -0.39 is 0 Å². The second kappa shape index (κ2) is 9.71. The van der Waals surface area contributed by atoms with E-state index in [0.717, 1.165) is 31.6 Å². The molecule has 4 aliphatic rings. The van der Waals surface area contributed by atoms with Crippen LogP contribution < -0.4 is 0 Å². The van der Waals surface area contributed by atoms with E-state index in [1.807, 2.05) is 30.9 Å². The number of amides is 1. The Hall–Kier alpha value is -2.37. The molecule has 5 nitrogen and oxygen atoms in total. The Labute approximate surface area is 204 Å². The van der Waals surface area contributed by atoms with Crippen molar-refractivity contribution in [2.75, 3.05) is 19.6 Å². The van der Waals surface area contributed by atoms with Crippen molar-refractivity contribution in [2.45, 2.75) is 76.2 Å². The molecule has 5 heteroatoms. The van der Waals surface area contributed by atoms with Crippen LogP contribution in [-0.2, 0) is 4.79 Å². The molecule has 182 valence electrons. The maximum atomic E-state index is 12.9. The topological polar surface area (TPSA) is 47.0 Å². The first-order chi connectivity index (χ1) is 16.6. The second-order valence-electron chi connectivity index (χ2n) is 10.3. The third-order valence-electron chi connectivity index (χ3n) is 8.68. The Morgan fingerprint density at radius 1 is 1.15 bits per heavy atom. The zero-order chi connectivity index (χ0) is 23.8. The third kappa shape index (κ3) is 3.93. The average Bonchev–Trinajstić information content (AvgIpc) is 3.35. The second-order valence-corrected chi connectivity index (χ2v) is 10.3. The number of fused-ring (bicyclic) bond motifs is 6. The van der Waals surface area contributed by atoms with E-state index in [0.29, 0.717) is 29.9 Å². The number of aromatic hydroxyl groups is 1. The van der Waals surface area contributed by atoms with Gasteiger partial charge in [0.05, 0.1) is 12.0 Å². The summed E-state index contributed by atoms with van der Waals surface area (Å²) in [5, 5.41) is 10.3. The van der Waals surface area contributed by atoms with Crippen LogP contribution in [0.1, 0.15) is 57.6 Å². The standard InChI is InChI=1S/C29H39N3O2/c1-4-18-31-24-14-15-25(31)27-17-16-26(24)32(27)28(22-8-7-9-23(33)19-22)20-10-12-21(13-11-20)29(34)30(5-2)6-3/h4,7-12,19,21,24-28,33H,1,5-6,13-18H2,2-3H3. The molecule has 0 saturated carbocycles. The summed E-state index contributed by atoms with van der Waals surface area (Å²) in [4.78, 5) is 20.4. The average molecular weight is 462 g/mol. The van der Waals surface area contributed by atoms with Crippen LogP contribution in [0, 0.1) is 5.92 Å². The monoisotopic (exact) mass is 461 g/mol. The first-order valence-corrected chi connectivity index (χ1v) is 13.2. The van der Waals surface area contributed by atoms with Gasteiger partial charge in [0, 0.05) is 43.8 Å². The van der Waals surface area contributed by atoms with Crippen molar-refractivity contribution in [2.24, 2.45) is 5.92 Å². The van der Waals surface area contributed by atoms with Gasteiger partial charge in [0.25, 0.3) is 0 Å². The molecular formula is C29H39N3O2. The molecular weight excluding hydrogens is 422 g/mol. The fourth-order valence-corrected chi connectivity index (χ4v) is 7.24. The molecule has 6 unspecified atom stereocenters. The molecule has 1 aromatic rings. The van der Waals surface area contributed by atoms with Gasteiger partial charge in [-0.2, -0.15) is 0 Å². The Balaban J connectivity index is 1.47. The summed E-state index contributed by atoms with van der Waals surface area (Å²) in [6.45, 7) is 10.6. The van der Waals surface area contributed by atoms with Gasteiger partial charge in [0.2, 0.25) is 5.91 Å². The van der Waals surface area contributed by atoms with Crippen molar-refractivity contribution >= 4 is 5.91 Å². The van der Waals surface area contributed by atoms with E-state index in [2.05, 4.69) is 46.7 Å². The van der Waals surface area contributed by atoms with Crippen LogP contribution in [0.4, 0.5) is 0 Å². The number of allylic oxidation sites excluding steroid dienone is 1. The largest absolute Gasteiger partial charge is 0.508 e. The molecule has 0 radical (unpaired) electrons. The normalized spacial score (nSPS) is 31.4. The SMILES string of the molecule is C=CCN1C2CCC1C1CCC2N1C(C1=CCC(C(=O)N(CC)CC)C=C1)c1cccc(O)c1. The number of hydrogen-bond acceptors (Lipinski definition) is 4. The number of nitrogens with zero attached hydrogens (tertiary/aromatic N) is 3. The predicted molar refractivity (Wildman–Crippen MR) is 136 cm³/mol. The van der Waals surface area contributed by atoms with E-state index in [-0.39, 0.29) is 17.9 Å². The molecule has 3 aliphatic heterocycles. The number of carbonyl (C=O) groups excluding carboxylic acids is 1. The van der Waals surface area contributed by atoms with Gasteiger partial charge >= 0.3 is 0 Å². The Morgan fingerprint density at radius 3 is 2.38 bits per heavy atom. The first-order valence-electron chi connectivity index (χ1n) is 13.2. The fourth-order valence-electron chi connectivity index (χ4n) is 7.24. The quantitative estimate of drug-likeness (QED) is 0.572. The van der Waals surface area contributed by atoms with Crippen LogP contribution in [0.3, 0.4) is 0 Å². The van der Waals surface area contributed by atoms with E-state index in [1.54, 1.807) is 6.07 Å². The van der Waals surface area contributed by atoms with Gasteiger partial charge in [-0.15, -0.1) is 6.58 Å². The fraction of sp³-hybridized carbons (Fsp3) is 0.552. The maximum absolute atomic E-state index is 12.9. The maximum Gasteiger partial charge on any atom is 0.229 e. The molecule has 4 bridgehead atoms. The van der Waals surface area contributed by atoms with Gasteiger partial charge in [-0.3, -0.25) is 14.6 Å². The third-order valence-corrected chi connectivity index (χ3v) is 8.68. The number of phenolic OH excluding ortho intramolecular Hbond substituents is 1. The smallest absolute Gasteiger partial charge is 0.229 e. The summed E-state index contributed by atoms with van der Waals surface area (Å²) in [5.41, 5.74) is 2.42. The molecule has 6 atom stereocenters. The van der Waals surface area contributed by atoms with Crippen molar-refractivity contribution in [3.05, 3.63) is 66.3 Å². The highest BCUT2D eigenvalue weighted by molar-refractivity contribution is 5.81. The summed E-state index contributed by atoms with van der Waals surface area (Å²) in [5.74, 6) is 0.463. The van der Waals surface area contributed by atoms with Crippen LogP contribution in [0.25, 0.3) is 0 Å². The summed E-state index contributed by atoms with van der Waals surface area (Å²) in [7, 11) is 0. The van der Waals surface area contributed by atoms with Crippen molar-refractivity contribution < 1.29 is 9.90 Å². The predicted octanol–water partition coefficient (Wildman–Crippen LogP) is 4.67. The van der Waals surface area contributed by atoms with Gasteiger partial charge in [-0.25, -0.2) is 0 Å². The minimum absolute atomic E-state index is 0.0779. The minimum atomic E-state index is -0.0779. The molecule has 34 heavy (non-hydrogen) atoms. The summed E-state index contributed by atoms with van der Waals surface area (Å²) < 4.78 is 0. The highest BCUT2D eigenvalue weighted by Crippen LogP contribution is 2.51. The lowest BCUT2D eigenvalue weighted by Gasteiger charge is -2.50. The number of hydrogen-bond donors (Lipinski definition) is 1. The van der Waals surface area contributed by atoms with E-state index in [9.17, 15) is 9.90 Å². The molecule has 1 N–H and O–H groups in total. The van der Waals surface area contributed by atoms with Gasteiger partial charge in [-0.1, -0.05) is 36.4 Å². The summed E-state index contributed by atoms with van der Waals surface area (Å²) >= 11 is 0. The van der Waals surface area contributed by atoms with Crippen molar-refractivity contribution in [3.63, 3.8) is 0 Å². The van der Waals surface area contributed by atoms with Gasteiger partial charge in [-0.05, 0) is 69.2 Å². The molecule has 5 rings (SSSR count). The lowest BCUT2D eigenvalue weighted by Crippen LogP contribution is -2.61. The zero-order valence-corrected chi connectivity index (χ0v) is 20.6. The van der Waals surface area contributed by atoms with Gasteiger partial charge < -0.3 is 10.0 Å². The first kappa shape index (κ1) is 23.4. The van der Waals surface area contributed by atoms with Gasteiger partial charge in [0.1, 0.15) is 5.75 Å². The van der Waals surface area contributed by atoms with Crippen LogP contribution >= 0.6 is 0 Å². The number of carbonyl (C=O) groups is 1. The molecule has 1 amide bonds. The van der Waals surface area contributed by atoms with E-state index in [1.165, 1.54) is 31.3 Å². The molecule has 3 heterocycles. The lowest BCUT2D eigenvalue weighted by atomic mass is 9.86. The number of benzene rings is 1. The number of rotatable bonds is 8. The molecule has 1 aromatic carbocycles. The number of piperazine rings is 1. The van der Waals surface area contributed by atoms with Crippen LogP contribution in [-0.4, -0.2) is 69.5 Å². The summed E-state index contributed by atoms with van der Waals surface area (Å²) in [6, 6.07) is 10.1. The highest BCUT2D eigenvalue weighted by atomic mass is 16.3. The minimum Gasteiger partial charge on any atom is -0.508 e. The molecule has 0 aromatic heterocycles. The Morgan fingerprint density at radius 2 is 1.82 bits per heavy atom. The molecule has 1 aliphatic carbocycles. The van der Waals surface area contributed by atoms with E-state index in [4.69, 9.17) is 0 Å². The van der Waals surface area contributed by atoms with Crippen molar-refractivity contribution in [1.82, 2.24) is 14.7 Å². The Kier molecular flexibility index (Phi) is 6.67. The van der Waals surface area contributed by atoms with Crippen LogP contribution in [0.15, 0.2) is 60.7 Å². The molecule has 3 saturated heterocycles. The zero-order valence-electron chi connectivity index (χ0n) is 20.6. The lowest BCUT2D eigenvalue weighted by molar-refractivity contribution is -0.133. The summed E-state index contributed by atoms with van der Waals surface area (Å²) in [6.07, 6.45) is 14.4. The van der Waals surface area contributed by atoms with Crippen molar-refractivity contribution in [3.8, 4) is 5.75 Å². The van der Waals surface area contributed by atoms with Crippen LogP contribution in [0.5, 0.6) is 5.75 Å². The number of phenols is 1. The Bertz CT molecular complexity index is 961. The molecule has 3 fully saturated rings. The van der Waals surface area contributed by atoms with Crippen LogP contribution in [0.2, 0.25) is 0 Å².